The third kappa shape index (κ3) is 13.1. The van der Waals surface area contributed by atoms with Gasteiger partial charge >= 0.3 is 0 Å². The molecule has 0 aliphatic carbocycles. The minimum Gasteiger partial charge on any atom is -0.493 e. The number of nitrogens with zero attached hydrogens (tertiary/aromatic N) is 10. The van der Waals surface area contributed by atoms with E-state index in [0.717, 1.165) is 97.3 Å². The van der Waals surface area contributed by atoms with Gasteiger partial charge in [0.2, 0.25) is 23.7 Å². The van der Waals surface area contributed by atoms with E-state index in [0.29, 0.717) is 79.5 Å². The first-order valence-electron chi connectivity index (χ1n) is 25.3. The molecule has 0 amide bonds. The zero-order chi connectivity index (χ0) is 49.6. The molecule has 2 saturated heterocycles. The number of ether oxygens (including phenoxy) is 5. The van der Waals surface area contributed by atoms with Gasteiger partial charge < -0.3 is 48.8 Å². The van der Waals surface area contributed by atoms with Gasteiger partial charge in [-0.3, -0.25) is 4.90 Å². The lowest BCUT2D eigenvalue weighted by molar-refractivity contribution is 0.144. The van der Waals surface area contributed by atoms with E-state index in [4.69, 9.17) is 50.2 Å². The highest BCUT2D eigenvalue weighted by Gasteiger charge is 2.27. The number of aliphatic hydroxyl groups excluding tert-OH is 1. The molecule has 2 aromatic carbocycles. The smallest absolute Gasteiger partial charge is 0.231 e. The van der Waals surface area contributed by atoms with Crippen molar-refractivity contribution in [2.24, 2.45) is 0 Å². The molecule has 4 aromatic heterocycles. The molecule has 2 N–H and O–H groups in total. The molecule has 12 bridgehead atoms. The molecule has 4 aliphatic rings. The predicted octanol–water partition coefficient (Wildman–Crippen LogP) is 8.29. The van der Waals surface area contributed by atoms with Crippen LogP contribution in [0, 0.1) is 0 Å². The number of aliphatic hydroxyl groups is 1. The summed E-state index contributed by atoms with van der Waals surface area (Å²) in [5.74, 6) is 2.46. The SMILES string of the molecule is OCCN1CCN(c2ccc3cc2COC/C=C/CCOc2cc(ccn2)-c2nc(ncc2Cl)N3C2/C=C/COCc3cc(ccc3OCCCN3CCCC3)Nc3nccc(n3)-c3ccnc(c3)OC2)CC1. The van der Waals surface area contributed by atoms with E-state index in [9.17, 15) is 5.11 Å². The minimum absolute atomic E-state index is 0.126. The van der Waals surface area contributed by atoms with Gasteiger partial charge in [-0.1, -0.05) is 35.9 Å². The van der Waals surface area contributed by atoms with Crippen molar-refractivity contribution < 1.29 is 28.8 Å². The Hall–Kier alpha value is -6.73. The number of hydrogen-bond acceptors (Lipinski definition) is 17. The van der Waals surface area contributed by atoms with E-state index >= 15 is 0 Å². The Morgan fingerprint density at radius 1 is 0.726 bits per heavy atom. The maximum Gasteiger partial charge on any atom is 0.231 e. The Bertz CT molecular complexity index is 2840. The molecule has 0 spiro atoms. The van der Waals surface area contributed by atoms with Gasteiger partial charge in [0.25, 0.3) is 0 Å². The van der Waals surface area contributed by atoms with Gasteiger partial charge in [0.15, 0.2) is 0 Å². The number of hydrogen-bond donors (Lipinski definition) is 2. The van der Waals surface area contributed by atoms with Crippen LogP contribution in [-0.4, -0.2) is 143 Å². The Balaban J connectivity index is 1.03. The van der Waals surface area contributed by atoms with Crippen LogP contribution in [0.1, 0.15) is 36.8 Å². The monoisotopic (exact) mass is 1010 g/mol. The molecule has 1 unspecified atom stereocenters. The largest absolute Gasteiger partial charge is 0.493 e. The molecule has 380 valence electrons. The highest BCUT2D eigenvalue weighted by molar-refractivity contribution is 6.32. The second-order valence-corrected chi connectivity index (χ2v) is 18.7. The number of fused-ring (bicyclic) bond motifs is 14. The average Bonchev–Trinajstić information content (AvgIpc) is 3.95. The van der Waals surface area contributed by atoms with Gasteiger partial charge in [-0.15, -0.1) is 0 Å². The number of aromatic nitrogens is 6. The molecule has 4 aliphatic heterocycles. The lowest BCUT2D eigenvalue weighted by Crippen LogP contribution is -2.47. The Morgan fingerprint density at radius 3 is 2.37 bits per heavy atom. The summed E-state index contributed by atoms with van der Waals surface area (Å²) >= 11 is 6.97. The lowest BCUT2D eigenvalue weighted by atomic mass is 10.1. The zero-order valence-corrected chi connectivity index (χ0v) is 41.8. The highest BCUT2D eigenvalue weighted by atomic mass is 35.5. The molecular weight excluding hydrogens is 946 g/mol. The van der Waals surface area contributed by atoms with E-state index in [1.807, 2.05) is 60.7 Å². The molecule has 18 heteroatoms. The van der Waals surface area contributed by atoms with Crippen molar-refractivity contribution in [3.05, 3.63) is 132 Å². The Kier molecular flexibility index (Phi) is 16.9. The number of piperazine rings is 1. The van der Waals surface area contributed by atoms with Crippen molar-refractivity contribution in [3.63, 3.8) is 0 Å². The first kappa shape index (κ1) is 49.8. The topological polar surface area (TPSA) is 169 Å². The van der Waals surface area contributed by atoms with Crippen LogP contribution in [0.3, 0.4) is 0 Å². The van der Waals surface area contributed by atoms with E-state index in [1.54, 1.807) is 24.8 Å². The molecule has 17 nitrogen and oxygen atoms in total. The maximum absolute atomic E-state index is 9.67. The summed E-state index contributed by atoms with van der Waals surface area (Å²) in [5, 5.41) is 13.4. The number of β-amino-alcohol motifs (C(OH)–C–C–N with tert-alkyl or cyclic N) is 1. The summed E-state index contributed by atoms with van der Waals surface area (Å²) < 4.78 is 32.0. The van der Waals surface area contributed by atoms with Gasteiger partial charge in [0.05, 0.1) is 74.9 Å². The average molecular weight is 1010 g/mol. The first-order valence-corrected chi connectivity index (χ1v) is 25.7. The van der Waals surface area contributed by atoms with Gasteiger partial charge in [-0.25, -0.2) is 29.9 Å². The second-order valence-electron chi connectivity index (χ2n) is 18.3. The quantitative estimate of drug-likeness (QED) is 0.105. The van der Waals surface area contributed by atoms with Gasteiger partial charge in [0, 0.05) is 109 Å². The summed E-state index contributed by atoms with van der Waals surface area (Å²) in [6, 6.07) is 21.3. The number of halogens is 1. The van der Waals surface area contributed by atoms with Crippen LogP contribution in [0.5, 0.6) is 17.5 Å². The number of rotatable bonds is 9. The number of likely N-dealkylation sites (tertiary alicyclic amines) is 1. The minimum atomic E-state index is -0.527. The van der Waals surface area contributed by atoms with Gasteiger partial charge in [-0.2, -0.15) is 0 Å². The summed E-state index contributed by atoms with van der Waals surface area (Å²) in [5.41, 5.74) is 7.34. The standard InChI is InChI=1S/C55H62ClN11O6/c56-47-36-60-55-63-53(47)41-14-17-57-51(35-41)72-30-5-1-4-28-69-37-42-33-45(10-11-49(42)66-24-22-65(23-25-66)26-27-68)67(55)46-8-6-29-70-38-43-32-44(9-12-50(43)71-31-7-21-64-19-2-3-20-64)61-54-59-18-15-48(62-54)40-13-16-58-52(34-40)73-39-46/h1,4,6,8-18,32-36,46,68H,2-3,5,7,19-31,37-39H2,(H,59,61,62)/b4-1+,8-6+. The fourth-order valence-corrected chi connectivity index (χ4v) is 9.70. The van der Waals surface area contributed by atoms with Crippen molar-refractivity contribution in [1.29, 1.82) is 0 Å². The normalized spacial score (nSPS) is 19.0. The summed E-state index contributed by atoms with van der Waals surface area (Å²) in [7, 11) is 0. The van der Waals surface area contributed by atoms with Crippen LogP contribution in [0.2, 0.25) is 5.02 Å². The second kappa shape index (κ2) is 24.8. The lowest BCUT2D eigenvalue weighted by Gasteiger charge is -2.37. The van der Waals surface area contributed by atoms with Crippen LogP contribution in [0.4, 0.5) is 29.0 Å². The van der Waals surface area contributed by atoms with Crippen LogP contribution in [0.25, 0.3) is 22.5 Å². The van der Waals surface area contributed by atoms with Crippen LogP contribution < -0.4 is 29.3 Å². The van der Waals surface area contributed by atoms with E-state index < -0.39 is 6.04 Å². The fraction of sp³-hybridized carbons (Fsp3) is 0.382. The highest BCUT2D eigenvalue weighted by Crippen LogP contribution is 2.36. The molecule has 73 heavy (non-hydrogen) atoms. The van der Waals surface area contributed by atoms with Crippen molar-refractivity contribution >= 4 is 40.6 Å². The van der Waals surface area contributed by atoms with Crippen molar-refractivity contribution in [3.8, 4) is 40.0 Å². The van der Waals surface area contributed by atoms with Gasteiger partial charge in [-0.05, 0) is 93.4 Å². The van der Waals surface area contributed by atoms with Crippen LogP contribution in [-0.2, 0) is 22.7 Å². The summed E-state index contributed by atoms with van der Waals surface area (Å²) in [4.78, 5) is 38.0. The maximum atomic E-state index is 9.67. The van der Waals surface area contributed by atoms with Crippen LogP contribution >= 0.6 is 11.6 Å². The number of anilines is 5. The van der Waals surface area contributed by atoms with Crippen molar-refractivity contribution in [2.75, 3.05) is 107 Å². The molecule has 0 radical (unpaired) electrons. The van der Waals surface area contributed by atoms with Crippen molar-refractivity contribution in [1.82, 2.24) is 39.7 Å². The molecule has 0 saturated carbocycles. The van der Waals surface area contributed by atoms with E-state index in [1.165, 1.54) is 12.8 Å². The molecular formula is C55H62ClN11O6. The molecule has 8 heterocycles. The third-order valence-electron chi connectivity index (χ3n) is 13.2. The first-order chi connectivity index (χ1) is 36.0. The van der Waals surface area contributed by atoms with Crippen LogP contribution in [0.15, 0.2) is 116 Å². The number of benzene rings is 2. The third-order valence-corrected chi connectivity index (χ3v) is 13.5. The molecule has 1 atom stereocenters. The van der Waals surface area contributed by atoms with E-state index in [-0.39, 0.29) is 26.4 Å². The number of nitrogens with one attached hydrogen (secondary N) is 1. The molecule has 2 fully saturated rings. The Labute approximate surface area is 431 Å². The zero-order valence-electron chi connectivity index (χ0n) is 41.0. The predicted molar refractivity (Wildman–Crippen MR) is 282 cm³/mol. The fourth-order valence-electron chi connectivity index (χ4n) is 9.50. The molecule has 10 rings (SSSR count). The summed E-state index contributed by atoms with van der Waals surface area (Å²) in [6.45, 7) is 9.92. The summed E-state index contributed by atoms with van der Waals surface area (Å²) in [6.07, 6.45) is 19.1. The Morgan fingerprint density at radius 2 is 1.51 bits per heavy atom. The number of pyridine rings is 2. The van der Waals surface area contributed by atoms with Gasteiger partial charge in [0.1, 0.15) is 12.4 Å². The molecule has 6 aromatic rings. The van der Waals surface area contributed by atoms with E-state index in [2.05, 4.69) is 70.2 Å². The van der Waals surface area contributed by atoms with Crippen molar-refractivity contribution in [2.45, 2.75) is 44.9 Å².